The molecule has 1 unspecified atom stereocenters. The molecular weight excluding hydrogens is 331 g/mol. The molecule has 0 aromatic heterocycles. The molecule has 2 amide bonds. The van der Waals surface area contributed by atoms with E-state index in [2.05, 4.69) is 5.32 Å². The molecule has 0 bridgehead atoms. The number of likely N-dealkylation sites (N-methyl/N-ethyl adjacent to an activating group) is 1. The maximum atomic E-state index is 13.0. The molecule has 3 rings (SSSR count). The zero-order chi connectivity index (χ0) is 18.7. The van der Waals surface area contributed by atoms with Gasteiger partial charge in [0.1, 0.15) is 5.82 Å². The Bertz CT molecular complexity index is 857. The van der Waals surface area contributed by atoms with Crippen molar-refractivity contribution in [2.45, 2.75) is 18.9 Å². The number of carbonyl (C=O) groups is 2. The largest absolute Gasteiger partial charge is 0.349 e. The molecule has 2 aromatic rings. The van der Waals surface area contributed by atoms with Crippen LogP contribution in [0.2, 0.25) is 0 Å². The quantitative estimate of drug-likeness (QED) is 0.861. The van der Waals surface area contributed by atoms with Crippen LogP contribution in [-0.4, -0.2) is 36.9 Å². The highest BCUT2D eigenvalue weighted by Crippen LogP contribution is 2.27. The molecule has 1 atom stereocenters. The lowest BCUT2D eigenvalue weighted by Gasteiger charge is -2.12. The summed E-state index contributed by atoms with van der Waals surface area (Å²) in [6, 6.07) is 11.5. The van der Waals surface area contributed by atoms with Crippen LogP contribution in [-0.2, 0) is 17.6 Å². The van der Waals surface area contributed by atoms with E-state index in [4.69, 9.17) is 0 Å². The molecule has 0 saturated heterocycles. The van der Waals surface area contributed by atoms with Crippen molar-refractivity contribution < 1.29 is 14.0 Å². The minimum Gasteiger partial charge on any atom is -0.349 e. The Labute approximate surface area is 152 Å². The number of nitrogens with zero attached hydrogens (tertiary/aromatic N) is 1. The van der Waals surface area contributed by atoms with E-state index in [1.165, 1.54) is 34.7 Å². The van der Waals surface area contributed by atoms with Crippen LogP contribution in [0.3, 0.4) is 0 Å². The van der Waals surface area contributed by atoms with E-state index in [0.29, 0.717) is 12.0 Å². The third-order valence-corrected chi connectivity index (χ3v) is 4.51. The first-order valence-corrected chi connectivity index (χ1v) is 8.50. The Hall–Kier alpha value is -2.95. The summed E-state index contributed by atoms with van der Waals surface area (Å²) in [6.07, 6.45) is 4.83. The lowest BCUT2D eigenvalue weighted by atomic mass is 10.0. The van der Waals surface area contributed by atoms with Gasteiger partial charge in [0.05, 0.1) is 0 Å². The van der Waals surface area contributed by atoms with Crippen molar-refractivity contribution in [2.75, 3.05) is 14.1 Å². The summed E-state index contributed by atoms with van der Waals surface area (Å²) in [7, 11) is 3.42. The molecule has 0 aliphatic heterocycles. The van der Waals surface area contributed by atoms with Gasteiger partial charge in [0.2, 0.25) is 5.91 Å². The summed E-state index contributed by atoms with van der Waals surface area (Å²) in [4.78, 5) is 25.6. The molecule has 2 aromatic carbocycles. The lowest BCUT2D eigenvalue weighted by molar-refractivity contribution is -0.123. The molecular formula is C21H21FN2O2. The Morgan fingerprint density at radius 1 is 1.12 bits per heavy atom. The minimum atomic E-state index is -0.362. The molecule has 26 heavy (non-hydrogen) atoms. The van der Waals surface area contributed by atoms with Crippen molar-refractivity contribution in [3.05, 3.63) is 76.6 Å². The zero-order valence-corrected chi connectivity index (χ0v) is 14.8. The fourth-order valence-corrected chi connectivity index (χ4v) is 3.12. The smallest absolute Gasteiger partial charge is 0.251 e. The Kier molecular flexibility index (Phi) is 5.16. The molecule has 134 valence electrons. The second-order valence-electron chi connectivity index (χ2n) is 6.64. The predicted octanol–water partition coefficient (Wildman–Crippen LogP) is 2.82. The molecule has 0 spiro atoms. The number of nitrogens with one attached hydrogen (secondary N) is 1. The lowest BCUT2D eigenvalue weighted by Crippen LogP contribution is -2.35. The van der Waals surface area contributed by atoms with E-state index < -0.39 is 0 Å². The minimum absolute atomic E-state index is 0.0124. The van der Waals surface area contributed by atoms with Crippen LogP contribution in [0.15, 0.2) is 48.5 Å². The SMILES string of the molecule is CN(C)C(=O)C=Cc1cccc2c1CC(NC(=O)c1ccc(F)cc1)C2. The second-order valence-corrected chi connectivity index (χ2v) is 6.64. The number of carbonyl (C=O) groups excluding carboxylic acids is 2. The molecule has 1 N–H and O–H groups in total. The Morgan fingerprint density at radius 3 is 2.54 bits per heavy atom. The highest BCUT2D eigenvalue weighted by molar-refractivity contribution is 5.94. The third-order valence-electron chi connectivity index (χ3n) is 4.51. The van der Waals surface area contributed by atoms with Gasteiger partial charge in [-0.25, -0.2) is 4.39 Å². The summed E-state index contributed by atoms with van der Waals surface area (Å²) in [5.74, 6) is -0.636. The van der Waals surface area contributed by atoms with E-state index >= 15 is 0 Å². The molecule has 0 heterocycles. The van der Waals surface area contributed by atoms with Gasteiger partial charge >= 0.3 is 0 Å². The van der Waals surface area contributed by atoms with Crippen LogP contribution < -0.4 is 5.32 Å². The number of hydrogen-bond donors (Lipinski definition) is 1. The van der Waals surface area contributed by atoms with Crippen LogP contribution in [0.4, 0.5) is 4.39 Å². The first-order chi connectivity index (χ1) is 12.4. The van der Waals surface area contributed by atoms with Gasteiger partial charge in [-0.3, -0.25) is 9.59 Å². The Morgan fingerprint density at radius 2 is 1.85 bits per heavy atom. The number of amides is 2. The molecule has 4 nitrogen and oxygen atoms in total. The predicted molar refractivity (Wildman–Crippen MR) is 99.2 cm³/mol. The van der Waals surface area contributed by atoms with Crippen molar-refractivity contribution in [1.29, 1.82) is 0 Å². The number of hydrogen-bond acceptors (Lipinski definition) is 2. The summed E-state index contributed by atoms with van der Waals surface area (Å²) < 4.78 is 13.0. The fourth-order valence-electron chi connectivity index (χ4n) is 3.12. The van der Waals surface area contributed by atoms with E-state index in [0.717, 1.165) is 17.5 Å². The average molecular weight is 352 g/mol. The maximum absolute atomic E-state index is 13.0. The van der Waals surface area contributed by atoms with Gasteiger partial charge in [0.25, 0.3) is 5.91 Å². The van der Waals surface area contributed by atoms with E-state index in [1.807, 2.05) is 24.3 Å². The molecule has 0 saturated carbocycles. The van der Waals surface area contributed by atoms with Gasteiger partial charge < -0.3 is 10.2 Å². The summed E-state index contributed by atoms with van der Waals surface area (Å²) >= 11 is 0. The number of rotatable bonds is 4. The molecule has 0 radical (unpaired) electrons. The van der Waals surface area contributed by atoms with Gasteiger partial charge in [-0.05, 0) is 59.9 Å². The van der Waals surface area contributed by atoms with E-state index in [9.17, 15) is 14.0 Å². The van der Waals surface area contributed by atoms with Gasteiger partial charge in [0.15, 0.2) is 0 Å². The van der Waals surface area contributed by atoms with Gasteiger partial charge in [-0.2, -0.15) is 0 Å². The topological polar surface area (TPSA) is 49.4 Å². The zero-order valence-electron chi connectivity index (χ0n) is 14.8. The fraction of sp³-hybridized carbons (Fsp3) is 0.238. The van der Waals surface area contributed by atoms with Crippen molar-refractivity contribution in [3.8, 4) is 0 Å². The Balaban J connectivity index is 1.71. The molecule has 1 aliphatic carbocycles. The molecule has 0 fully saturated rings. The number of benzene rings is 2. The number of halogens is 1. The summed E-state index contributed by atoms with van der Waals surface area (Å²) in [5, 5.41) is 3.01. The first-order valence-electron chi connectivity index (χ1n) is 8.50. The third kappa shape index (κ3) is 3.99. The van der Waals surface area contributed by atoms with Crippen molar-refractivity contribution in [2.24, 2.45) is 0 Å². The van der Waals surface area contributed by atoms with Crippen molar-refractivity contribution in [1.82, 2.24) is 10.2 Å². The monoisotopic (exact) mass is 352 g/mol. The highest BCUT2D eigenvalue weighted by atomic mass is 19.1. The van der Waals surface area contributed by atoms with E-state index in [1.54, 1.807) is 20.2 Å². The van der Waals surface area contributed by atoms with Crippen LogP contribution >= 0.6 is 0 Å². The number of fused-ring (bicyclic) bond motifs is 1. The van der Waals surface area contributed by atoms with Crippen molar-refractivity contribution in [3.63, 3.8) is 0 Å². The summed E-state index contributed by atoms with van der Waals surface area (Å²) in [5.41, 5.74) is 3.77. The summed E-state index contributed by atoms with van der Waals surface area (Å²) in [6.45, 7) is 0. The van der Waals surface area contributed by atoms with Crippen LogP contribution in [0.5, 0.6) is 0 Å². The van der Waals surface area contributed by atoms with Crippen LogP contribution in [0.25, 0.3) is 6.08 Å². The molecule has 5 heteroatoms. The van der Waals surface area contributed by atoms with Crippen LogP contribution in [0, 0.1) is 5.82 Å². The van der Waals surface area contributed by atoms with Gasteiger partial charge in [0, 0.05) is 31.8 Å². The first kappa shape index (κ1) is 17.9. The highest BCUT2D eigenvalue weighted by Gasteiger charge is 2.24. The van der Waals surface area contributed by atoms with Gasteiger partial charge in [-0.15, -0.1) is 0 Å². The van der Waals surface area contributed by atoms with Gasteiger partial charge in [-0.1, -0.05) is 18.2 Å². The maximum Gasteiger partial charge on any atom is 0.251 e. The average Bonchev–Trinajstić information content (AvgIpc) is 3.02. The second kappa shape index (κ2) is 7.52. The standard InChI is InChI=1S/C21H21FN2O2/c1-24(2)20(25)11-8-14-4-3-5-16-12-18(13-19(14)16)23-21(26)15-6-9-17(22)10-7-15/h3-11,18H,12-13H2,1-2H3,(H,23,26). The van der Waals surface area contributed by atoms with Crippen molar-refractivity contribution >= 4 is 17.9 Å². The van der Waals surface area contributed by atoms with Crippen LogP contribution in [0.1, 0.15) is 27.0 Å². The molecule has 1 aliphatic rings. The normalized spacial score (nSPS) is 15.7. The van der Waals surface area contributed by atoms with E-state index in [-0.39, 0.29) is 23.7 Å².